The fraction of sp³-hybridized carbons (Fsp3) is 0.391. The first kappa shape index (κ1) is 22.8. The summed E-state index contributed by atoms with van der Waals surface area (Å²) in [5, 5.41) is 0.449. The molecular formula is C23H25ClN2O5S. The van der Waals surface area contributed by atoms with Crippen LogP contribution < -0.4 is 4.90 Å². The van der Waals surface area contributed by atoms with Gasteiger partial charge < -0.3 is 9.64 Å². The van der Waals surface area contributed by atoms with Gasteiger partial charge >= 0.3 is 5.97 Å². The molecule has 2 aliphatic rings. The number of carbonyl (C=O) groups excluding carboxylic acids is 2. The number of rotatable bonds is 5. The predicted molar refractivity (Wildman–Crippen MR) is 121 cm³/mol. The average molecular weight is 477 g/mol. The van der Waals surface area contributed by atoms with Crippen molar-refractivity contribution in [2.75, 3.05) is 31.1 Å². The summed E-state index contributed by atoms with van der Waals surface area (Å²) in [5.41, 5.74) is 1.96. The molecule has 170 valence electrons. The normalized spacial score (nSPS) is 19.3. The van der Waals surface area contributed by atoms with Crippen molar-refractivity contribution in [2.45, 2.75) is 30.6 Å². The summed E-state index contributed by atoms with van der Waals surface area (Å²) >= 11 is 5.86. The number of aryl methyl sites for hydroxylation is 1. The highest BCUT2D eigenvalue weighted by Gasteiger charge is 2.34. The zero-order chi connectivity index (χ0) is 22.7. The van der Waals surface area contributed by atoms with Gasteiger partial charge in [-0.05, 0) is 61.6 Å². The van der Waals surface area contributed by atoms with E-state index < -0.39 is 21.9 Å². The first-order valence-corrected chi connectivity index (χ1v) is 12.5. The highest BCUT2D eigenvalue weighted by molar-refractivity contribution is 7.89. The molecule has 1 saturated heterocycles. The molecule has 1 unspecified atom stereocenters. The molecule has 2 aliphatic heterocycles. The van der Waals surface area contributed by atoms with E-state index in [1.54, 1.807) is 4.90 Å². The van der Waals surface area contributed by atoms with Crippen molar-refractivity contribution in [2.24, 2.45) is 5.92 Å². The lowest BCUT2D eigenvalue weighted by molar-refractivity contribution is -0.153. The van der Waals surface area contributed by atoms with Gasteiger partial charge in [0.05, 0.1) is 10.8 Å². The van der Waals surface area contributed by atoms with Gasteiger partial charge in [-0.25, -0.2) is 8.42 Å². The molecule has 0 bridgehead atoms. The van der Waals surface area contributed by atoms with E-state index in [-0.39, 0.29) is 24.0 Å². The van der Waals surface area contributed by atoms with E-state index in [2.05, 4.69) is 0 Å². The zero-order valence-electron chi connectivity index (χ0n) is 17.6. The van der Waals surface area contributed by atoms with Crippen LogP contribution in [0.2, 0.25) is 5.02 Å². The van der Waals surface area contributed by atoms with E-state index in [1.807, 2.05) is 24.3 Å². The lowest BCUT2D eigenvalue weighted by Crippen LogP contribution is -2.43. The van der Waals surface area contributed by atoms with Crippen LogP contribution in [0.5, 0.6) is 0 Å². The lowest BCUT2D eigenvalue weighted by atomic mass is 10.00. The molecule has 0 spiro atoms. The van der Waals surface area contributed by atoms with Crippen LogP contribution in [0.15, 0.2) is 53.4 Å². The smallest absolute Gasteiger partial charge is 0.310 e. The second-order valence-corrected chi connectivity index (χ2v) is 10.4. The first-order chi connectivity index (χ1) is 15.4. The van der Waals surface area contributed by atoms with Gasteiger partial charge in [-0.2, -0.15) is 4.31 Å². The van der Waals surface area contributed by atoms with Crippen LogP contribution in [-0.4, -0.2) is 50.8 Å². The Kier molecular flexibility index (Phi) is 6.83. The molecule has 0 N–H and O–H groups in total. The first-order valence-electron chi connectivity index (χ1n) is 10.7. The number of fused-ring (bicyclic) bond motifs is 1. The molecular weight excluding hydrogens is 452 g/mol. The minimum absolute atomic E-state index is 0.0323. The number of carbonyl (C=O) groups is 2. The topological polar surface area (TPSA) is 84.0 Å². The number of para-hydroxylation sites is 1. The van der Waals surface area contributed by atoms with Crippen molar-refractivity contribution in [3.8, 4) is 0 Å². The minimum Gasteiger partial charge on any atom is -0.455 e. The minimum atomic E-state index is -3.74. The summed E-state index contributed by atoms with van der Waals surface area (Å²) in [6, 6.07) is 13.7. The Balaban J connectivity index is 1.37. The van der Waals surface area contributed by atoms with Crippen LogP contribution in [0.3, 0.4) is 0 Å². The number of amides is 1. The molecule has 1 fully saturated rings. The van der Waals surface area contributed by atoms with Gasteiger partial charge in [0.25, 0.3) is 5.91 Å². The monoisotopic (exact) mass is 476 g/mol. The molecule has 32 heavy (non-hydrogen) atoms. The maximum atomic E-state index is 12.9. The molecule has 0 aromatic heterocycles. The molecule has 2 heterocycles. The van der Waals surface area contributed by atoms with E-state index >= 15 is 0 Å². The fourth-order valence-corrected chi connectivity index (χ4v) is 5.88. The molecule has 0 radical (unpaired) electrons. The molecule has 2 aromatic rings. The van der Waals surface area contributed by atoms with E-state index in [4.69, 9.17) is 16.3 Å². The number of halogens is 1. The number of hydrogen-bond acceptors (Lipinski definition) is 5. The molecule has 9 heteroatoms. The summed E-state index contributed by atoms with van der Waals surface area (Å²) < 4.78 is 32.5. The summed E-state index contributed by atoms with van der Waals surface area (Å²) in [4.78, 5) is 27.2. The Morgan fingerprint density at radius 1 is 1.03 bits per heavy atom. The second-order valence-electron chi connectivity index (χ2n) is 8.04. The van der Waals surface area contributed by atoms with Crippen molar-refractivity contribution < 1.29 is 22.7 Å². The average Bonchev–Trinajstić information content (AvgIpc) is 2.82. The van der Waals surface area contributed by atoms with Gasteiger partial charge in [-0.1, -0.05) is 29.8 Å². The van der Waals surface area contributed by atoms with E-state index in [0.717, 1.165) is 24.1 Å². The van der Waals surface area contributed by atoms with Crippen LogP contribution in [0.4, 0.5) is 5.69 Å². The summed E-state index contributed by atoms with van der Waals surface area (Å²) in [6.07, 6.45) is 2.84. The highest BCUT2D eigenvalue weighted by Crippen LogP contribution is 2.28. The van der Waals surface area contributed by atoms with Gasteiger partial charge in [-0.3, -0.25) is 9.59 Å². The van der Waals surface area contributed by atoms with Crippen molar-refractivity contribution in [3.05, 3.63) is 59.1 Å². The largest absolute Gasteiger partial charge is 0.455 e. The van der Waals surface area contributed by atoms with E-state index in [9.17, 15) is 18.0 Å². The number of sulfonamides is 1. The van der Waals surface area contributed by atoms with Gasteiger partial charge in [0.15, 0.2) is 6.61 Å². The molecule has 1 atom stereocenters. The number of benzene rings is 2. The number of piperidine rings is 1. The number of ether oxygens (including phenoxy) is 1. The van der Waals surface area contributed by atoms with Crippen LogP contribution >= 0.6 is 11.6 Å². The Labute approximate surface area is 193 Å². The quantitative estimate of drug-likeness (QED) is 0.618. The number of nitrogens with zero attached hydrogens (tertiary/aromatic N) is 2. The maximum Gasteiger partial charge on any atom is 0.310 e. The van der Waals surface area contributed by atoms with Gasteiger partial charge in [0.2, 0.25) is 10.0 Å². The van der Waals surface area contributed by atoms with Gasteiger partial charge in [0.1, 0.15) is 0 Å². The third-order valence-corrected chi connectivity index (χ3v) is 8.05. The molecule has 0 aliphatic carbocycles. The number of anilines is 1. The summed E-state index contributed by atoms with van der Waals surface area (Å²) in [6.45, 7) is 0.598. The number of esters is 1. The lowest BCUT2D eigenvalue weighted by Gasteiger charge is -2.31. The van der Waals surface area contributed by atoms with Crippen molar-refractivity contribution in [1.82, 2.24) is 4.31 Å². The van der Waals surface area contributed by atoms with E-state index in [1.165, 1.54) is 28.6 Å². The van der Waals surface area contributed by atoms with Gasteiger partial charge in [-0.15, -0.1) is 0 Å². The summed E-state index contributed by atoms with van der Waals surface area (Å²) in [5.74, 6) is -1.42. The molecule has 1 amide bonds. The zero-order valence-corrected chi connectivity index (χ0v) is 19.1. The predicted octanol–water partition coefficient (Wildman–Crippen LogP) is 3.26. The van der Waals surface area contributed by atoms with Gasteiger partial charge in [0, 0.05) is 30.3 Å². The Bertz CT molecular complexity index is 1100. The Hall–Kier alpha value is -2.42. The van der Waals surface area contributed by atoms with Crippen LogP contribution in [0, 0.1) is 5.92 Å². The summed E-state index contributed by atoms with van der Waals surface area (Å²) in [7, 11) is -3.74. The number of hydrogen-bond donors (Lipinski definition) is 0. The Morgan fingerprint density at radius 2 is 1.78 bits per heavy atom. The van der Waals surface area contributed by atoms with Crippen molar-refractivity contribution >= 4 is 39.2 Å². The molecule has 7 nitrogen and oxygen atoms in total. The molecule has 2 aromatic carbocycles. The second kappa shape index (κ2) is 9.60. The van der Waals surface area contributed by atoms with E-state index in [0.29, 0.717) is 31.0 Å². The third kappa shape index (κ3) is 4.82. The van der Waals surface area contributed by atoms with Crippen LogP contribution in [0.1, 0.15) is 24.8 Å². The third-order valence-electron chi connectivity index (χ3n) is 5.92. The molecule has 0 saturated carbocycles. The van der Waals surface area contributed by atoms with Crippen molar-refractivity contribution in [1.29, 1.82) is 0 Å². The van der Waals surface area contributed by atoms with Crippen LogP contribution in [0.25, 0.3) is 0 Å². The molecule has 4 rings (SSSR count). The van der Waals surface area contributed by atoms with Crippen molar-refractivity contribution in [3.63, 3.8) is 0 Å². The Morgan fingerprint density at radius 3 is 2.56 bits per heavy atom. The van der Waals surface area contributed by atoms with Crippen LogP contribution in [-0.2, 0) is 30.8 Å². The standard InChI is InChI=1S/C23H25ClN2O5S/c24-19-9-11-20(12-10-19)32(29,30)25-13-3-7-18(15-25)23(28)31-16-22(27)26-14-4-6-17-5-1-2-8-21(17)26/h1-2,5,8-12,18H,3-4,6-7,13-16H2. The fourth-order valence-electron chi connectivity index (χ4n) is 4.23. The highest BCUT2D eigenvalue weighted by atomic mass is 35.5. The SMILES string of the molecule is O=C(OCC(=O)N1CCCc2ccccc21)C1CCCN(S(=O)(=O)c2ccc(Cl)cc2)C1. The maximum absolute atomic E-state index is 12.9.